The van der Waals surface area contributed by atoms with Gasteiger partial charge in [-0.15, -0.1) is 0 Å². The molecule has 2 aromatic heterocycles. The zero-order valence-corrected chi connectivity index (χ0v) is 29.9. The van der Waals surface area contributed by atoms with Gasteiger partial charge in [-0.25, -0.2) is 4.98 Å². The summed E-state index contributed by atoms with van der Waals surface area (Å²) in [6.07, 6.45) is 1.81. The number of hydrogen-bond acceptors (Lipinski definition) is 2. The minimum absolute atomic E-state index is 0.479. The first-order valence-corrected chi connectivity index (χ1v) is 19.0. The molecule has 0 N–H and O–H groups in total. The van der Waals surface area contributed by atoms with Gasteiger partial charge in [0.05, 0.1) is 22.5 Å². The average Bonchev–Trinajstić information content (AvgIpc) is 3.75. The van der Waals surface area contributed by atoms with E-state index in [-0.39, 0.29) is 0 Å². The molecule has 0 saturated carbocycles. The van der Waals surface area contributed by atoms with Gasteiger partial charge in [-0.1, -0.05) is 152 Å². The van der Waals surface area contributed by atoms with E-state index >= 15 is 0 Å². The van der Waals surface area contributed by atoms with Gasteiger partial charge in [0.1, 0.15) is 0 Å². The molecule has 1 spiro atoms. The number of hydrogen-bond donors (Lipinski definition) is 0. The van der Waals surface area contributed by atoms with Crippen LogP contribution < -0.4 is 0 Å². The topological polar surface area (TPSA) is 25.8 Å². The second kappa shape index (κ2) is 11.4. The number of aromatic nitrogens is 2. The fourth-order valence-corrected chi connectivity index (χ4v) is 9.94. The maximum absolute atomic E-state index is 5.02. The van der Waals surface area contributed by atoms with Crippen LogP contribution in [0.15, 0.2) is 194 Å². The van der Waals surface area contributed by atoms with Crippen molar-refractivity contribution in [3.05, 3.63) is 217 Å². The van der Waals surface area contributed by atoms with Gasteiger partial charge in [-0.2, -0.15) is 0 Å². The van der Waals surface area contributed by atoms with Crippen LogP contribution in [0.3, 0.4) is 0 Å². The third kappa shape index (κ3) is 4.14. The lowest BCUT2D eigenvalue weighted by molar-refractivity contribution is 0.809. The van der Waals surface area contributed by atoms with Crippen LogP contribution in [0, 0.1) is 0 Å². The Morgan fingerprint density at radius 2 is 0.964 bits per heavy atom. The molecule has 0 unspecified atom stereocenters. The van der Waals surface area contributed by atoms with Crippen LogP contribution in [0.25, 0.3) is 88.3 Å². The number of nitrogens with zero attached hydrogens (tertiary/aromatic N) is 2. The smallest absolute Gasteiger partial charge is 0.0893 e. The van der Waals surface area contributed by atoms with Gasteiger partial charge in [0.15, 0.2) is 0 Å². The predicted octanol–water partition coefficient (Wildman–Crippen LogP) is 13.3. The monoisotopic (exact) mass is 696 g/mol. The summed E-state index contributed by atoms with van der Waals surface area (Å²) >= 11 is 0. The summed E-state index contributed by atoms with van der Waals surface area (Å²) < 4.78 is 0. The molecule has 2 heterocycles. The van der Waals surface area contributed by atoms with Gasteiger partial charge in [-0.05, 0) is 124 Å². The Morgan fingerprint density at radius 1 is 0.345 bits per heavy atom. The van der Waals surface area contributed by atoms with Crippen LogP contribution in [0.4, 0.5) is 0 Å². The lowest BCUT2D eigenvalue weighted by Crippen LogP contribution is -2.26. The Bertz CT molecular complexity index is 3170. The Morgan fingerprint density at radius 3 is 1.75 bits per heavy atom. The molecule has 2 aliphatic carbocycles. The summed E-state index contributed by atoms with van der Waals surface area (Å²) in [5, 5.41) is 7.76. The number of fused-ring (bicyclic) bond motifs is 17. The van der Waals surface area contributed by atoms with Crippen LogP contribution in [0.5, 0.6) is 0 Å². The van der Waals surface area contributed by atoms with Crippen LogP contribution in [0.2, 0.25) is 0 Å². The SMILES string of the molecule is c1ccc(-c2cccc(-c3cccc(-c4ccc5c6c(ccc5c4)-c4c(c5ccccc5c5ccccc45)C64c5ccccc5-c5ccccc54)c3)n2)nc1. The molecule has 0 bridgehead atoms. The number of benzene rings is 8. The summed E-state index contributed by atoms with van der Waals surface area (Å²) in [5.41, 5.74) is 16.4. The van der Waals surface area contributed by atoms with Crippen molar-refractivity contribution in [2.45, 2.75) is 5.41 Å². The molecular weight excluding hydrogens is 665 g/mol. The third-order valence-corrected chi connectivity index (χ3v) is 12.1. The van der Waals surface area contributed by atoms with Crippen LogP contribution in [0.1, 0.15) is 22.3 Å². The van der Waals surface area contributed by atoms with E-state index in [1.807, 2.05) is 30.5 Å². The fraction of sp³-hybridized carbons (Fsp3) is 0.0189. The van der Waals surface area contributed by atoms with Crippen molar-refractivity contribution in [1.82, 2.24) is 9.97 Å². The van der Waals surface area contributed by atoms with Crippen LogP contribution in [-0.2, 0) is 5.41 Å². The largest absolute Gasteiger partial charge is 0.255 e. The minimum atomic E-state index is -0.479. The first-order chi connectivity index (χ1) is 27.3. The van der Waals surface area contributed by atoms with Gasteiger partial charge in [-0.3, -0.25) is 4.98 Å². The molecule has 0 radical (unpaired) electrons. The fourth-order valence-electron chi connectivity index (χ4n) is 9.94. The van der Waals surface area contributed by atoms with E-state index in [9.17, 15) is 0 Å². The molecule has 2 aliphatic rings. The van der Waals surface area contributed by atoms with Crippen molar-refractivity contribution in [3.63, 3.8) is 0 Å². The first kappa shape index (κ1) is 30.3. The summed E-state index contributed by atoms with van der Waals surface area (Å²) in [6.45, 7) is 0. The van der Waals surface area contributed by atoms with Crippen molar-refractivity contribution in [2.75, 3.05) is 0 Å². The van der Waals surface area contributed by atoms with Crippen molar-refractivity contribution in [2.24, 2.45) is 0 Å². The lowest BCUT2D eigenvalue weighted by atomic mass is 9.68. The lowest BCUT2D eigenvalue weighted by Gasteiger charge is -2.32. The zero-order valence-electron chi connectivity index (χ0n) is 29.9. The zero-order chi connectivity index (χ0) is 36.1. The molecular formula is C53H32N2. The van der Waals surface area contributed by atoms with E-state index in [1.54, 1.807) is 0 Å². The third-order valence-electron chi connectivity index (χ3n) is 12.1. The van der Waals surface area contributed by atoms with Crippen molar-refractivity contribution in [1.29, 1.82) is 0 Å². The average molecular weight is 697 g/mol. The molecule has 12 rings (SSSR count). The molecule has 2 nitrogen and oxygen atoms in total. The maximum atomic E-state index is 5.02. The predicted molar refractivity (Wildman–Crippen MR) is 227 cm³/mol. The Kier molecular flexibility index (Phi) is 6.29. The Labute approximate surface area is 319 Å². The molecule has 0 fully saturated rings. The maximum Gasteiger partial charge on any atom is 0.0893 e. The summed E-state index contributed by atoms with van der Waals surface area (Å²) in [6, 6.07) is 69.0. The van der Waals surface area contributed by atoms with Crippen molar-refractivity contribution in [3.8, 4) is 56.0 Å². The normalized spacial score (nSPS) is 13.2. The highest BCUT2D eigenvalue weighted by Gasteiger charge is 2.53. The molecule has 8 aromatic carbocycles. The highest BCUT2D eigenvalue weighted by Crippen LogP contribution is 2.66. The quantitative estimate of drug-likeness (QED) is 0.172. The van der Waals surface area contributed by atoms with E-state index in [1.165, 1.54) is 82.4 Å². The molecule has 2 heteroatoms. The van der Waals surface area contributed by atoms with Crippen molar-refractivity contribution < 1.29 is 0 Å². The van der Waals surface area contributed by atoms with Crippen molar-refractivity contribution >= 4 is 32.3 Å². The highest BCUT2D eigenvalue weighted by molar-refractivity contribution is 6.21. The standard InChI is InChI=1S/C53H32N2/c1-3-19-42-38(15-1)39-16-2-4-20-43(39)52-50(42)44-29-27-35-31-34(33-13-11-14-36(32-33)47-24-12-25-49(55-47)48-23-9-10-30-54-48)26-28-37(35)51(44)53(52)45-21-7-5-17-40(45)41-18-6-8-22-46(41)53/h1-32H. The van der Waals surface area contributed by atoms with E-state index in [0.29, 0.717) is 0 Å². The van der Waals surface area contributed by atoms with Crippen LogP contribution in [-0.4, -0.2) is 9.97 Å². The Balaban J connectivity index is 1.11. The van der Waals surface area contributed by atoms with Gasteiger partial charge in [0.25, 0.3) is 0 Å². The molecule has 0 saturated heterocycles. The van der Waals surface area contributed by atoms with Gasteiger partial charge in [0, 0.05) is 11.8 Å². The van der Waals surface area contributed by atoms with E-state index in [2.05, 4.69) is 169 Å². The van der Waals surface area contributed by atoms with Crippen LogP contribution >= 0.6 is 0 Å². The Hall–Kier alpha value is -7.16. The first-order valence-electron chi connectivity index (χ1n) is 19.0. The van der Waals surface area contributed by atoms with Gasteiger partial charge < -0.3 is 0 Å². The molecule has 10 aromatic rings. The summed E-state index contributed by atoms with van der Waals surface area (Å²) in [7, 11) is 0. The molecule has 0 amide bonds. The number of pyridine rings is 2. The van der Waals surface area contributed by atoms with E-state index < -0.39 is 5.41 Å². The van der Waals surface area contributed by atoms with Gasteiger partial charge >= 0.3 is 0 Å². The number of rotatable bonds is 3. The minimum Gasteiger partial charge on any atom is -0.255 e. The summed E-state index contributed by atoms with van der Waals surface area (Å²) in [4.78, 5) is 9.55. The molecule has 0 atom stereocenters. The second-order valence-electron chi connectivity index (χ2n) is 14.8. The second-order valence-corrected chi connectivity index (χ2v) is 14.8. The van der Waals surface area contributed by atoms with E-state index in [0.717, 1.165) is 28.2 Å². The van der Waals surface area contributed by atoms with E-state index in [4.69, 9.17) is 4.98 Å². The molecule has 0 aliphatic heterocycles. The van der Waals surface area contributed by atoms with Gasteiger partial charge in [0.2, 0.25) is 0 Å². The molecule has 55 heavy (non-hydrogen) atoms. The summed E-state index contributed by atoms with van der Waals surface area (Å²) in [5.74, 6) is 0. The molecule has 254 valence electrons. The highest BCUT2D eigenvalue weighted by atomic mass is 14.8.